The van der Waals surface area contributed by atoms with Gasteiger partial charge in [-0.1, -0.05) is 0 Å². The van der Waals surface area contributed by atoms with E-state index in [-0.39, 0.29) is 25.0 Å². The van der Waals surface area contributed by atoms with Crippen molar-refractivity contribution in [1.82, 2.24) is 4.90 Å². The first-order valence-corrected chi connectivity index (χ1v) is 7.62. The van der Waals surface area contributed by atoms with Crippen molar-refractivity contribution in [3.63, 3.8) is 0 Å². The minimum Gasteiger partial charge on any atom is -0.497 e. The number of methoxy groups -OCH3 is 1. The van der Waals surface area contributed by atoms with E-state index >= 15 is 0 Å². The Kier molecular flexibility index (Phi) is 7.94. The summed E-state index contributed by atoms with van der Waals surface area (Å²) < 4.78 is 15.5. The topological polar surface area (TPSA) is 65.1 Å². The van der Waals surface area contributed by atoms with Crippen LogP contribution in [-0.2, 0) is 14.3 Å². The zero-order chi connectivity index (χ0) is 17.2. The second kappa shape index (κ2) is 9.71. The molecule has 1 aromatic rings. The van der Waals surface area contributed by atoms with Crippen LogP contribution in [0, 0.1) is 0 Å². The Bertz CT molecular complexity index is 498. The second-order valence-electron chi connectivity index (χ2n) is 5.39. The maximum absolute atomic E-state index is 11.7. The molecule has 0 N–H and O–H groups in total. The number of ether oxygens (including phenoxy) is 3. The number of rotatable bonds is 9. The molecule has 0 radical (unpaired) electrons. The predicted octanol–water partition coefficient (Wildman–Crippen LogP) is 2.26. The molecule has 1 amide bonds. The van der Waals surface area contributed by atoms with Gasteiger partial charge in [-0.25, -0.2) is 0 Å². The van der Waals surface area contributed by atoms with Gasteiger partial charge in [0.2, 0.25) is 0 Å². The van der Waals surface area contributed by atoms with E-state index in [4.69, 9.17) is 14.2 Å². The van der Waals surface area contributed by atoms with Crippen molar-refractivity contribution in [2.24, 2.45) is 0 Å². The lowest BCUT2D eigenvalue weighted by Gasteiger charge is -2.21. The number of nitrogens with zero attached hydrogens (tertiary/aromatic N) is 1. The number of benzene rings is 1. The van der Waals surface area contributed by atoms with Crippen molar-refractivity contribution in [3.8, 4) is 11.5 Å². The molecule has 128 valence electrons. The molecule has 6 heteroatoms. The van der Waals surface area contributed by atoms with Crippen molar-refractivity contribution < 1.29 is 23.8 Å². The van der Waals surface area contributed by atoms with Crippen LogP contribution in [0.3, 0.4) is 0 Å². The number of carbonyl (C=O) groups excluding carboxylic acids is 2. The minimum atomic E-state index is -0.395. The quantitative estimate of drug-likeness (QED) is 0.515. The standard InChI is InChI=1S/C17H25NO5/c1-13(2)18(3)16(19)12-23-17(20)6-5-11-22-15-9-7-14(21-4)8-10-15/h7-10,13H,5-6,11-12H2,1-4H3. The van der Waals surface area contributed by atoms with E-state index in [0.29, 0.717) is 18.8 Å². The highest BCUT2D eigenvalue weighted by Crippen LogP contribution is 2.17. The van der Waals surface area contributed by atoms with Gasteiger partial charge in [-0.2, -0.15) is 0 Å². The molecule has 0 heterocycles. The lowest BCUT2D eigenvalue weighted by atomic mass is 10.3. The zero-order valence-corrected chi connectivity index (χ0v) is 14.2. The molecule has 0 atom stereocenters. The van der Waals surface area contributed by atoms with Crippen molar-refractivity contribution in [3.05, 3.63) is 24.3 Å². The molecule has 0 unspecified atom stereocenters. The number of esters is 1. The average Bonchev–Trinajstić information content (AvgIpc) is 2.56. The largest absolute Gasteiger partial charge is 0.497 e. The highest BCUT2D eigenvalue weighted by atomic mass is 16.5. The molecule has 0 saturated carbocycles. The van der Waals surface area contributed by atoms with Gasteiger partial charge in [-0.3, -0.25) is 9.59 Å². The lowest BCUT2D eigenvalue weighted by molar-refractivity contribution is -0.152. The molecule has 1 rings (SSSR count). The predicted molar refractivity (Wildman–Crippen MR) is 86.6 cm³/mol. The summed E-state index contributed by atoms with van der Waals surface area (Å²) in [5.41, 5.74) is 0. The molecule has 0 saturated heterocycles. The van der Waals surface area contributed by atoms with Gasteiger partial charge in [-0.05, 0) is 44.5 Å². The van der Waals surface area contributed by atoms with E-state index in [2.05, 4.69) is 0 Å². The smallest absolute Gasteiger partial charge is 0.306 e. The Morgan fingerprint density at radius 1 is 1.13 bits per heavy atom. The summed E-state index contributed by atoms with van der Waals surface area (Å²) >= 11 is 0. The third kappa shape index (κ3) is 7.04. The van der Waals surface area contributed by atoms with Crippen LogP contribution in [0.2, 0.25) is 0 Å². The molecule has 0 aromatic heterocycles. The first-order chi connectivity index (χ1) is 10.9. The Morgan fingerprint density at radius 3 is 2.30 bits per heavy atom. The number of carbonyl (C=O) groups is 2. The zero-order valence-electron chi connectivity index (χ0n) is 14.2. The molecule has 1 aromatic carbocycles. The van der Waals surface area contributed by atoms with Crippen LogP contribution in [0.5, 0.6) is 11.5 Å². The normalized spacial score (nSPS) is 10.3. The fourth-order valence-corrected chi connectivity index (χ4v) is 1.68. The summed E-state index contributed by atoms with van der Waals surface area (Å²) in [7, 11) is 3.29. The third-order valence-electron chi connectivity index (χ3n) is 3.38. The minimum absolute atomic E-state index is 0.0825. The Hall–Kier alpha value is -2.24. The molecule has 0 aliphatic heterocycles. The van der Waals surface area contributed by atoms with E-state index in [1.54, 1.807) is 43.3 Å². The van der Waals surface area contributed by atoms with Gasteiger partial charge < -0.3 is 19.1 Å². The molecule has 23 heavy (non-hydrogen) atoms. The van der Waals surface area contributed by atoms with E-state index < -0.39 is 5.97 Å². The summed E-state index contributed by atoms with van der Waals surface area (Å²) in [5.74, 6) is 0.876. The van der Waals surface area contributed by atoms with Gasteiger partial charge in [-0.15, -0.1) is 0 Å². The van der Waals surface area contributed by atoms with Gasteiger partial charge in [0, 0.05) is 19.5 Å². The van der Waals surface area contributed by atoms with E-state index in [0.717, 1.165) is 5.75 Å². The van der Waals surface area contributed by atoms with Gasteiger partial charge in [0.25, 0.3) is 5.91 Å². The summed E-state index contributed by atoms with van der Waals surface area (Å²) in [4.78, 5) is 24.8. The Morgan fingerprint density at radius 2 is 1.74 bits per heavy atom. The van der Waals surface area contributed by atoms with Gasteiger partial charge in [0.1, 0.15) is 11.5 Å². The van der Waals surface area contributed by atoms with Gasteiger partial charge in [0.05, 0.1) is 13.7 Å². The summed E-state index contributed by atoms with van der Waals surface area (Å²) in [6.07, 6.45) is 0.744. The van der Waals surface area contributed by atoms with Crippen LogP contribution in [0.1, 0.15) is 26.7 Å². The number of hydrogen-bond acceptors (Lipinski definition) is 5. The van der Waals surface area contributed by atoms with E-state index in [1.807, 2.05) is 13.8 Å². The molecular formula is C17H25NO5. The van der Waals surface area contributed by atoms with Crippen LogP contribution < -0.4 is 9.47 Å². The molecule has 0 fully saturated rings. The van der Waals surface area contributed by atoms with Crippen molar-refractivity contribution in [2.45, 2.75) is 32.7 Å². The fourth-order valence-electron chi connectivity index (χ4n) is 1.68. The molecule has 6 nitrogen and oxygen atoms in total. The average molecular weight is 323 g/mol. The molecular weight excluding hydrogens is 298 g/mol. The first kappa shape index (κ1) is 18.8. The monoisotopic (exact) mass is 323 g/mol. The van der Waals surface area contributed by atoms with Crippen molar-refractivity contribution in [1.29, 1.82) is 0 Å². The van der Waals surface area contributed by atoms with Crippen LogP contribution >= 0.6 is 0 Å². The SMILES string of the molecule is COc1ccc(OCCCC(=O)OCC(=O)N(C)C(C)C)cc1. The summed E-state index contributed by atoms with van der Waals surface area (Å²) in [6, 6.07) is 7.30. The van der Waals surface area contributed by atoms with Crippen LogP contribution in [0.15, 0.2) is 24.3 Å². The van der Waals surface area contributed by atoms with Crippen LogP contribution in [0.25, 0.3) is 0 Å². The maximum Gasteiger partial charge on any atom is 0.306 e. The van der Waals surface area contributed by atoms with Crippen molar-refractivity contribution in [2.75, 3.05) is 27.4 Å². The highest BCUT2D eigenvalue weighted by molar-refractivity contribution is 5.80. The highest BCUT2D eigenvalue weighted by Gasteiger charge is 2.14. The molecule has 0 aliphatic carbocycles. The van der Waals surface area contributed by atoms with Crippen molar-refractivity contribution >= 4 is 11.9 Å². The summed E-state index contributed by atoms with van der Waals surface area (Å²) in [6.45, 7) is 3.99. The molecule has 0 aliphatic rings. The Labute approximate surface area is 137 Å². The van der Waals surface area contributed by atoms with Gasteiger partial charge >= 0.3 is 5.97 Å². The third-order valence-corrected chi connectivity index (χ3v) is 3.38. The van der Waals surface area contributed by atoms with E-state index in [1.165, 1.54) is 0 Å². The lowest BCUT2D eigenvalue weighted by Crippen LogP contribution is -2.36. The van der Waals surface area contributed by atoms with Crippen LogP contribution in [0.4, 0.5) is 0 Å². The first-order valence-electron chi connectivity index (χ1n) is 7.62. The maximum atomic E-state index is 11.7. The van der Waals surface area contributed by atoms with Crippen LogP contribution in [-0.4, -0.2) is 50.2 Å². The molecule has 0 bridgehead atoms. The number of amides is 1. The fraction of sp³-hybridized carbons (Fsp3) is 0.529. The number of hydrogen-bond donors (Lipinski definition) is 0. The van der Waals surface area contributed by atoms with E-state index in [9.17, 15) is 9.59 Å². The second-order valence-corrected chi connectivity index (χ2v) is 5.39. The van der Waals surface area contributed by atoms with Gasteiger partial charge in [0.15, 0.2) is 6.61 Å². The summed E-state index contributed by atoms with van der Waals surface area (Å²) in [5, 5.41) is 0. The number of likely N-dealkylation sites (N-methyl/N-ethyl adjacent to an activating group) is 1. The molecule has 0 spiro atoms. The Balaban J connectivity index is 2.17.